The van der Waals surface area contributed by atoms with Crippen LogP contribution < -0.4 is 15.5 Å². The van der Waals surface area contributed by atoms with E-state index < -0.39 is 32.1 Å². The van der Waals surface area contributed by atoms with Crippen LogP contribution in [0.15, 0.2) is 70.5 Å². The van der Waals surface area contributed by atoms with Gasteiger partial charge in [-0.3, -0.25) is 9.59 Å². The van der Waals surface area contributed by atoms with E-state index in [1.807, 2.05) is 26.0 Å². The Kier molecular flexibility index (Phi) is 7.26. The van der Waals surface area contributed by atoms with Crippen molar-refractivity contribution in [1.82, 2.24) is 15.0 Å². The molecular formula is C26H23ClFN3O4S. The molecular weight excluding hydrogens is 505 g/mol. The zero-order valence-electron chi connectivity index (χ0n) is 19.5. The first kappa shape index (κ1) is 25.6. The summed E-state index contributed by atoms with van der Waals surface area (Å²) < 4.78 is 43.0. The van der Waals surface area contributed by atoms with Crippen molar-refractivity contribution < 1.29 is 17.6 Å². The number of aromatic nitrogens is 1. The highest BCUT2D eigenvalue weighted by molar-refractivity contribution is 7.89. The van der Waals surface area contributed by atoms with Gasteiger partial charge >= 0.3 is 0 Å². The summed E-state index contributed by atoms with van der Waals surface area (Å²) in [4.78, 5) is 27.8. The first-order valence-corrected chi connectivity index (χ1v) is 12.8. The van der Waals surface area contributed by atoms with Crippen molar-refractivity contribution in [3.8, 4) is 0 Å². The van der Waals surface area contributed by atoms with E-state index in [-0.39, 0.29) is 29.6 Å². The van der Waals surface area contributed by atoms with E-state index in [0.29, 0.717) is 5.02 Å². The molecule has 0 atom stereocenters. The molecule has 3 aromatic carbocycles. The summed E-state index contributed by atoms with van der Waals surface area (Å²) in [5.41, 5.74) is 2.33. The van der Waals surface area contributed by atoms with Crippen LogP contribution in [0.2, 0.25) is 5.02 Å². The molecule has 4 rings (SSSR count). The highest BCUT2D eigenvalue weighted by Crippen LogP contribution is 2.20. The lowest BCUT2D eigenvalue weighted by Crippen LogP contribution is -2.29. The molecule has 0 fully saturated rings. The molecule has 0 unspecified atom stereocenters. The molecule has 0 aliphatic carbocycles. The van der Waals surface area contributed by atoms with Gasteiger partial charge in [-0.25, -0.2) is 17.5 Å². The number of rotatable bonds is 7. The van der Waals surface area contributed by atoms with Gasteiger partial charge in [-0.05, 0) is 60.4 Å². The normalized spacial score (nSPS) is 11.6. The van der Waals surface area contributed by atoms with E-state index in [4.69, 9.17) is 11.6 Å². The number of aromatic amines is 1. The van der Waals surface area contributed by atoms with Crippen LogP contribution in [0.25, 0.3) is 10.9 Å². The Labute approximate surface area is 212 Å². The Balaban J connectivity index is 1.60. The molecule has 186 valence electrons. The Morgan fingerprint density at radius 2 is 1.67 bits per heavy atom. The van der Waals surface area contributed by atoms with Crippen LogP contribution in [-0.4, -0.2) is 19.3 Å². The van der Waals surface area contributed by atoms with E-state index >= 15 is 0 Å². The van der Waals surface area contributed by atoms with Gasteiger partial charge in [0.05, 0.1) is 15.8 Å². The van der Waals surface area contributed by atoms with Gasteiger partial charge in [0.1, 0.15) is 11.4 Å². The highest BCUT2D eigenvalue weighted by atomic mass is 35.5. The first-order valence-electron chi connectivity index (χ1n) is 11.0. The van der Waals surface area contributed by atoms with Gasteiger partial charge in [0.2, 0.25) is 15.5 Å². The second kappa shape index (κ2) is 10.2. The summed E-state index contributed by atoms with van der Waals surface area (Å²) in [5.74, 6) is -1.61. The molecule has 0 radical (unpaired) electrons. The van der Waals surface area contributed by atoms with E-state index in [0.717, 1.165) is 40.6 Å². The van der Waals surface area contributed by atoms with Gasteiger partial charge in [0.25, 0.3) is 5.91 Å². The number of hydrogen-bond donors (Lipinski definition) is 3. The lowest BCUT2D eigenvalue weighted by atomic mass is 10.1. The highest BCUT2D eigenvalue weighted by Gasteiger charge is 2.21. The standard InChI is InChI=1S/C26H23ClFN3O4S/c1-15-3-4-18(9-16(15)2)13-31-36(34,35)20-10-21-24(23(28)11-20)29-14-22(25(21)32)26(33)30-12-17-5-7-19(27)8-6-17/h3-11,14,31H,12-13H2,1-2H3,(H,29,32)(H,30,33). The van der Waals surface area contributed by atoms with Gasteiger partial charge in [-0.1, -0.05) is 41.9 Å². The molecule has 7 nitrogen and oxygen atoms in total. The molecule has 0 saturated carbocycles. The molecule has 0 spiro atoms. The number of carbonyl (C=O) groups is 1. The van der Waals surface area contributed by atoms with Gasteiger partial charge in [-0.15, -0.1) is 0 Å². The summed E-state index contributed by atoms with van der Waals surface area (Å²) >= 11 is 5.86. The fraction of sp³-hybridized carbons (Fsp3) is 0.154. The number of sulfonamides is 1. The van der Waals surface area contributed by atoms with E-state index in [2.05, 4.69) is 15.0 Å². The Morgan fingerprint density at radius 1 is 0.972 bits per heavy atom. The van der Waals surface area contributed by atoms with E-state index in [1.165, 1.54) is 0 Å². The number of carbonyl (C=O) groups excluding carboxylic acids is 1. The van der Waals surface area contributed by atoms with Gasteiger partial charge < -0.3 is 10.3 Å². The quantitative estimate of drug-likeness (QED) is 0.332. The van der Waals surface area contributed by atoms with Crippen LogP contribution in [0, 0.1) is 19.7 Å². The zero-order valence-corrected chi connectivity index (χ0v) is 21.1. The number of fused-ring (bicyclic) bond motifs is 1. The number of benzene rings is 3. The Bertz CT molecular complexity index is 1630. The SMILES string of the molecule is Cc1ccc(CNS(=O)(=O)c2cc(F)c3[nH]cc(C(=O)NCc4ccc(Cl)cc4)c(=O)c3c2)cc1C. The lowest BCUT2D eigenvalue weighted by Gasteiger charge is -2.11. The number of aryl methyl sites for hydroxylation is 2. The fourth-order valence-corrected chi connectivity index (χ4v) is 4.82. The number of nitrogens with one attached hydrogen (secondary N) is 3. The van der Waals surface area contributed by atoms with Crippen molar-refractivity contribution in [2.75, 3.05) is 0 Å². The molecule has 1 amide bonds. The third kappa shape index (κ3) is 5.48. The predicted molar refractivity (Wildman–Crippen MR) is 137 cm³/mol. The fourth-order valence-electron chi connectivity index (χ4n) is 3.64. The topological polar surface area (TPSA) is 108 Å². The van der Waals surface area contributed by atoms with Crippen LogP contribution >= 0.6 is 11.6 Å². The van der Waals surface area contributed by atoms with Crippen molar-refractivity contribution >= 4 is 38.4 Å². The number of H-pyrrole nitrogens is 1. The van der Waals surface area contributed by atoms with Crippen LogP contribution in [0.5, 0.6) is 0 Å². The number of halogens is 2. The molecule has 36 heavy (non-hydrogen) atoms. The van der Waals surface area contributed by atoms with Crippen LogP contribution in [0.3, 0.4) is 0 Å². The molecule has 10 heteroatoms. The summed E-state index contributed by atoms with van der Waals surface area (Å²) in [6, 6.07) is 14.2. The Morgan fingerprint density at radius 3 is 2.36 bits per heavy atom. The minimum absolute atomic E-state index is 0.00733. The van der Waals surface area contributed by atoms with E-state index in [1.54, 1.807) is 30.3 Å². The summed E-state index contributed by atoms with van der Waals surface area (Å²) in [7, 11) is -4.15. The Hall–Kier alpha value is -3.53. The second-order valence-electron chi connectivity index (χ2n) is 8.41. The van der Waals surface area contributed by atoms with Crippen LogP contribution in [0.1, 0.15) is 32.6 Å². The van der Waals surface area contributed by atoms with Gasteiger partial charge in [0, 0.05) is 24.3 Å². The molecule has 0 saturated heterocycles. The van der Waals surface area contributed by atoms with Crippen molar-refractivity contribution in [3.63, 3.8) is 0 Å². The van der Waals surface area contributed by atoms with Crippen molar-refractivity contribution in [2.45, 2.75) is 31.8 Å². The zero-order chi connectivity index (χ0) is 26.0. The lowest BCUT2D eigenvalue weighted by molar-refractivity contribution is 0.0949. The summed E-state index contributed by atoms with van der Waals surface area (Å²) in [6.07, 6.45) is 1.11. The molecule has 0 bridgehead atoms. The van der Waals surface area contributed by atoms with Crippen molar-refractivity contribution in [3.05, 3.63) is 110 Å². The molecule has 4 aromatic rings. The maximum atomic E-state index is 14.8. The largest absolute Gasteiger partial charge is 0.358 e. The van der Waals surface area contributed by atoms with Crippen LogP contribution in [0.4, 0.5) is 4.39 Å². The monoisotopic (exact) mass is 527 g/mol. The van der Waals surface area contributed by atoms with Crippen molar-refractivity contribution in [1.29, 1.82) is 0 Å². The van der Waals surface area contributed by atoms with Crippen molar-refractivity contribution in [2.24, 2.45) is 0 Å². The maximum absolute atomic E-state index is 14.8. The molecule has 3 N–H and O–H groups in total. The number of pyridine rings is 1. The summed E-state index contributed by atoms with van der Waals surface area (Å²) in [6.45, 7) is 4.00. The maximum Gasteiger partial charge on any atom is 0.257 e. The third-order valence-electron chi connectivity index (χ3n) is 5.87. The van der Waals surface area contributed by atoms with Gasteiger partial charge in [0.15, 0.2) is 0 Å². The molecule has 0 aliphatic rings. The average molecular weight is 528 g/mol. The molecule has 1 aromatic heterocycles. The summed E-state index contributed by atoms with van der Waals surface area (Å²) in [5, 5.41) is 2.92. The second-order valence-corrected chi connectivity index (χ2v) is 10.6. The number of hydrogen-bond acceptors (Lipinski definition) is 4. The number of amides is 1. The third-order valence-corrected chi connectivity index (χ3v) is 7.51. The molecule has 1 heterocycles. The van der Waals surface area contributed by atoms with E-state index in [9.17, 15) is 22.4 Å². The smallest absolute Gasteiger partial charge is 0.257 e. The minimum Gasteiger partial charge on any atom is -0.358 e. The average Bonchev–Trinajstić information content (AvgIpc) is 2.84. The minimum atomic E-state index is -4.15. The predicted octanol–water partition coefficient (Wildman–Crippen LogP) is 4.35. The van der Waals surface area contributed by atoms with Gasteiger partial charge in [-0.2, -0.15) is 0 Å². The van der Waals surface area contributed by atoms with Crippen LogP contribution in [-0.2, 0) is 23.1 Å². The first-order chi connectivity index (χ1) is 17.0. The molecule has 0 aliphatic heterocycles.